The number of carbonyl (C=O) groups is 2. The molecule has 0 bridgehead atoms. The van der Waals surface area contributed by atoms with E-state index in [9.17, 15) is 9.59 Å². The number of carbonyl (C=O) groups excluding carboxylic acids is 2. The standard InChI is InChI=1S/C20H29N3O4/c24-19(22-9-12-26-13-10-22)16-2-1-6-23(14-16)18-3-7-21(8-4-18)20(25)17-5-11-27-15-17/h5,11,15-16,18H,1-4,6-10,12-14H2/t16-/m0/s1. The van der Waals surface area contributed by atoms with E-state index in [0.29, 0.717) is 30.7 Å². The molecule has 3 saturated heterocycles. The summed E-state index contributed by atoms with van der Waals surface area (Å²) in [7, 11) is 0. The lowest BCUT2D eigenvalue weighted by atomic mass is 9.92. The molecule has 0 unspecified atom stereocenters. The molecule has 4 rings (SSSR count). The Morgan fingerprint density at radius 2 is 1.74 bits per heavy atom. The van der Waals surface area contributed by atoms with E-state index in [2.05, 4.69) is 4.90 Å². The van der Waals surface area contributed by atoms with Gasteiger partial charge in [-0.2, -0.15) is 0 Å². The van der Waals surface area contributed by atoms with Crippen molar-refractivity contribution in [3.05, 3.63) is 24.2 Å². The van der Waals surface area contributed by atoms with Gasteiger partial charge in [0.15, 0.2) is 0 Å². The average Bonchev–Trinajstić information content (AvgIpc) is 3.28. The summed E-state index contributed by atoms with van der Waals surface area (Å²) in [5, 5.41) is 0. The third-order valence-electron chi connectivity index (χ3n) is 6.16. The number of hydrogen-bond acceptors (Lipinski definition) is 5. The highest BCUT2D eigenvalue weighted by molar-refractivity contribution is 5.93. The lowest BCUT2D eigenvalue weighted by Crippen LogP contribution is -2.53. The number of amides is 2. The minimum atomic E-state index is 0.0567. The van der Waals surface area contributed by atoms with Gasteiger partial charge in [0.25, 0.3) is 5.91 Å². The summed E-state index contributed by atoms with van der Waals surface area (Å²) in [6, 6.07) is 2.19. The Kier molecular flexibility index (Phi) is 5.78. The van der Waals surface area contributed by atoms with Gasteiger partial charge in [0.05, 0.1) is 31.0 Å². The maximum Gasteiger partial charge on any atom is 0.257 e. The smallest absolute Gasteiger partial charge is 0.257 e. The molecule has 0 saturated carbocycles. The zero-order chi connectivity index (χ0) is 18.6. The summed E-state index contributed by atoms with van der Waals surface area (Å²) >= 11 is 0. The fraction of sp³-hybridized carbons (Fsp3) is 0.700. The maximum atomic E-state index is 12.8. The predicted molar refractivity (Wildman–Crippen MR) is 99.3 cm³/mol. The van der Waals surface area contributed by atoms with Gasteiger partial charge in [-0.15, -0.1) is 0 Å². The third kappa shape index (κ3) is 4.19. The molecule has 0 radical (unpaired) electrons. The highest BCUT2D eigenvalue weighted by Crippen LogP contribution is 2.26. The van der Waals surface area contributed by atoms with E-state index in [4.69, 9.17) is 9.15 Å². The van der Waals surface area contributed by atoms with Crippen molar-refractivity contribution in [2.45, 2.75) is 31.7 Å². The first-order valence-electron chi connectivity index (χ1n) is 10.1. The van der Waals surface area contributed by atoms with Gasteiger partial charge >= 0.3 is 0 Å². The third-order valence-corrected chi connectivity index (χ3v) is 6.16. The normalized spacial score (nSPS) is 25.6. The van der Waals surface area contributed by atoms with Crippen molar-refractivity contribution < 1.29 is 18.7 Å². The number of piperidine rings is 2. The topological polar surface area (TPSA) is 66.2 Å². The summed E-state index contributed by atoms with van der Waals surface area (Å²) in [5.74, 6) is 0.472. The number of hydrogen-bond donors (Lipinski definition) is 0. The van der Waals surface area contributed by atoms with Gasteiger partial charge in [0, 0.05) is 38.8 Å². The van der Waals surface area contributed by atoms with E-state index >= 15 is 0 Å². The molecule has 27 heavy (non-hydrogen) atoms. The van der Waals surface area contributed by atoms with Gasteiger partial charge < -0.3 is 19.0 Å². The minimum Gasteiger partial charge on any atom is -0.472 e. The van der Waals surface area contributed by atoms with Crippen LogP contribution in [0.15, 0.2) is 23.0 Å². The fourth-order valence-corrected chi connectivity index (χ4v) is 4.58. The summed E-state index contributed by atoms with van der Waals surface area (Å²) in [6.45, 7) is 6.23. The van der Waals surface area contributed by atoms with Crippen molar-refractivity contribution in [2.75, 3.05) is 52.5 Å². The average molecular weight is 375 g/mol. The molecule has 3 aliphatic rings. The van der Waals surface area contributed by atoms with Crippen LogP contribution in [0.5, 0.6) is 0 Å². The lowest BCUT2D eigenvalue weighted by Gasteiger charge is -2.43. The number of rotatable bonds is 3. The zero-order valence-corrected chi connectivity index (χ0v) is 15.8. The van der Waals surface area contributed by atoms with Crippen LogP contribution in [0, 0.1) is 5.92 Å². The zero-order valence-electron chi connectivity index (χ0n) is 15.8. The lowest BCUT2D eigenvalue weighted by molar-refractivity contribution is -0.141. The molecule has 3 fully saturated rings. The van der Waals surface area contributed by atoms with E-state index in [1.807, 2.05) is 9.80 Å². The monoisotopic (exact) mass is 375 g/mol. The predicted octanol–water partition coefficient (Wildman–Crippen LogP) is 1.45. The number of nitrogens with zero attached hydrogens (tertiary/aromatic N) is 3. The van der Waals surface area contributed by atoms with Crippen LogP contribution >= 0.6 is 0 Å². The van der Waals surface area contributed by atoms with Gasteiger partial charge in [-0.3, -0.25) is 14.5 Å². The molecule has 3 aliphatic heterocycles. The van der Waals surface area contributed by atoms with Crippen molar-refractivity contribution >= 4 is 11.8 Å². The molecule has 7 heteroatoms. The number of morpholine rings is 1. The van der Waals surface area contributed by atoms with Gasteiger partial charge in [-0.25, -0.2) is 0 Å². The Hall–Kier alpha value is -1.86. The Labute approximate surface area is 160 Å². The Balaban J connectivity index is 1.29. The summed E-state index contributed by atoms with van der Waals surface area (Å²) in [6.07, 6.45) is 7.07. The van der Waals surface area contributed by atoms with Gasteiger partial charge in [0.2, 0.25) is 5.91 Å². The van der Waals surface area contributed by atoms with E-state index in [0.717, 1.165) is 65.0 Å². The molecule has 0 N–H and O–H groups in total. The molecule has 4 heterocycles. The van der Waals surface area contributed by atoms with Crippen LogP contribution in [0.2, 0.25) is 0 Å². The molecule has 1 aromatic heterocycles. The maximum absolute atomic E-state index is 12.8. The molecular formula is C20H29N3O4. The number of likely N-dealkylation sites (tertiary alicyclic amines) is 2. The first-order valence-corrected chi connectivity index (χ1v) is 10.1. The molecule has 0 spiro atoms. The number of furan rings is 1. The SMILES string of the molecule is O=C(c1ccoc1)N1CCC(N2CCC[C@H](C(=O)N3CCOCC3)C2)CC1. The fourth-order valence-electron chi connectivity index (χ4n) is 4.58. The summed E-state index contributed by atoms with van der Waals surface area (Å²) in [5.41, 5.74) is 0.627. The number of ether oxygens (including phenoxy) is 1. The van der Waals surface area contributed by atoms with Crippen LogP contribution in [-0.2, 0) is 9.53 Å². The Morgan fingerprint density at radius 1 is 0.963 bits per heavy atom. The van der Waals surface area contributed by atoms with Crippen molar-refractivity contribution in [1.82, 2.24) is 14.7 Å². The molecule has 1 atom stereocenters. The molecule has 0 aromatic carbocycles. The summed E-state index contributed by atoms with van der Waals surface area (Å²) in [4.78, 5) is 31.7. The van der Waals surface area contributed by atoms with E-state index in [-0.39, 0.29) is 11.8 Å². The first-order chi connectivity index (χ1) is 13.2. The molecule has 148 valence electrons. The summed E-state index contributed by atoms with van der Waals surface area (Å²) < 4.78 is 10.4. The molecule has 1 aromatic rings. The second-order valence-electron chi connectivity index (χ2n) is 7.81. The van der Waals surface area contributed by atoms with E-state index in [1.54, 1.807) is 12.3 Å². The second-order valence-corrected chi connectivity index (χ2v) is 7.81. The van der Waals surface area contributed by atoms with Crippen LogP contribution in [-0.4, -0.2) is 85.0 Å². The quantitative estimate of drug-likeness (QED) is 0.800. The van der Waals surface area contributed by atoms with Gasteiger partial charge in [-0.1, -0.05) is 0 Å². The van der Waals surface area contributed by atoms with Crippen molar-refractivity contribution in [1.29, 1.82) is 0 Å². The Bertz CT molecular complexity index is 634. The minimum absolute atomic E-state index is 0.0567. The first kappa shape index (κ1) is 18.5. The largest absolute Gasteiger partial charge is 0.472 e. The van der Waals surface area contributed by atoms with Crippen LogP contribution in [0.25, 0.3) is 0 Å². The molecule has 7 nitrogen and oxygen atoms in total. The Morgan fingerprint density at radius 3 is 2.44 bits per heavy atom. The van der Waals surface area contributed by atoms with E-state index in [1.165, 1.54) is 6.26 Å². The van der Waals surface area contributed by atoms with Crippen molar-refractivity contribution in [3.63, 3.8) is 0 Å². The van der Waals surface area contributed by atoms with Crippen molar-refractivity contribution in [2.24, 2.45) is 5.92 Å². The van der Waals surface area contributed by atoms with Crippen LogP contribution in [0.3, 0.4) is 0 Å². The highest BCUT2D eigenvalue weighted by atomic mass is 16.5. The van der Waals surface area contributed by atoms with Crippen LogP contribution in [0.4, 0.5) is 0 Å². The van der Waals surface area contributed by atoms with Crippen LogP contribution < -0.4 is 0 Å². The molecular weight excluding hydrogens is 346 g/mol. The van der Waals surface area contributed by atoms with Crippen molar-refractivity contribution in [3.8, 4) is 0 Å². The van der Waals surface area contributed by atoms with E-state index < -0.39 is 0 Å². The van der Waals surface area contributed by atoms with Gasteiger partial charge in [0.1, 0.15) is 6.26 Å². The molecule has 2 amide bonds. The second kappa shape index (κ2) is 8.44. The van der Waals surface area contributed by atoms with Gasteiger partial charge in [-0.05, 0) is 38.3 Å². The highest BCUT2D eigenvalue weighted by Gasteiger charge is 2.34. The van der Waals surface area contributed by atoms with Crippen LogP contribution in [0.1, 0.15) is 36.0 Å². The molecule has 0 aliphatic carbocycles.